The molecule has 1 aliphatic heterocycles. The van der Waals surface area contributed by atoms with E-state index in [9.17, 15) is 4.79 Å². The van der Waals surface area contributed by atoms with Crippen molar-refractivity contribution >= 4 is 17.6 Å². The van der Waals surface area contributed by atoms with Crippen LogP contribution in [0.5, 0.6) is 0 Å². The molecule has 0 amide bonds. The molecule has 0 saturated carbocycles. The van der Waals surface area contributed by atoms with Gasteiger partial charge in [-0.2, -0.15) is 0 Å². The highest BCUT2D eigenvalue weighted by Crippen LogP contribution is 2.37. The zero-order chi connectivity index (χ0) is 14.8. The van der Waals surface area contributed by atoms with Crippen LogP contribution in [0.4, 0.5) is 0 Å². The van der Waals surface area contributed by atoms with Gasteiger partial charge in [0.25, 0.3) is 0 Å². The molecule has 1 aliphatic rings. The Labute approximate surface area is 124 Å². The Bertz CT molecular complexity index is 474. The maximum Gasteiger partial charge on any atom is 0.312 e. The minimum atomic E-state index is -0.590. The number of esters is 1. The lowest BCUT2D eigenvalue weighted by Gasteiger charge is -2.39. The summed E-state index contributed by atoms with van der Waals surface area (Å²) in [7, 11) is 0. The topological polar surface area (TPSA) is 51.2 Å². The number of nitrogens with one attached hydrogen (secondary N) is 1. The number of ether oxygens (including phenoxy) is 1. The SMILES string of the molecule is CC(C)(C)C(=O)OC1(c2ccc(Cl)nc2)CCNCC1. The second-order valence-corrected chi connectivity index (χ2v) is 6.64. The van der Waals surface area contributed by atoms with Crippen molar-refractivity contribution in [1.29, 1.82) is 0 Å². The number of hydrogen-bond donors (Lipinski definition) is 1. The maximum absolute atomic E-state index is 12.3. The van der Waals surface area contributed by atoms with Crippen molar-refractivity contribution < 1.29 is 9.53 Å². The normalized spacial score (nSPS) is 18.6. The van der Waals surface area contributed by atoms with Crippen molar-refractivity contribution in [2.45, 2.75) is 39.2 Å². The van der Waals surface area contributed by atoms with Crippen LogP contribution in [0.25, 0.3) is 0 Å². The summed E-state index contributed by atoms with van der Waals surface area (Å²) in [5.41, 5.74) is -0.189. The van der Waals surface area contributed by atoms with E-state index in [4.69, 9.17) is 16.3 Å². The fraction of sp³-hybridized carbons (Fsp3) is 0.600. The molecule has 20 heavy (non-hydrogen) atoms. The van der Waals surface area contributed by atoms with E-state index < -0.39 is 11.0 Å². The lowest BCUT2D eigenvalue weighted by Crippen LogP contribution is -2.45. The molecule has 0 atom stereocenters. The van der Waals surface area contributed by atoms with E-state index in [1.54, 1.807) is 12.3 Å². The van der Waals surface area contributed by atoms with Gasteiger partial charge in [0.1, 0.15) is 10.8 Å². The molecule has 1 fully saturated rings. The Morgan fingerprint density at radius 3 is 2.50 bits per heavy atom. The van der Waals surface area contributed by atoms with Crippen molar-refractivity contribution in [3.8, 4) is 0 Å². The van der Waals surface area contributed by atoms with E-state index in [1.807, 2.05) is 26.8 Å². The number of carbonyl (C=O) groups excluding carboxylic acids is 1. The van der Waals surface area contributed by atoms with E-state index in [-0.39, 0.29) is 5.97 Å². The summed E-state index contributed by atoms with van der Waals surface area (Å²) in [6.07, 6.45) is 3.21. The zero-order valence-corrected chi connectivity index (χ0v) is 13.0. The van der Waals surface area contributed by atoms with Crippen molar-refractivity contribution in [2.24, 2.45) is 5.41 Å². The standard InChI is InChI=1S/C15H21ClN2O2/c1-14(2,3)13(19)20-15(6-8-17-9-7-15)11-4-5-12(16)18-10-11/h4-5,10,17H,6-9H2,1-3H3. The predicted molar refractivity (Wildman–Crippen MR) is 78.6 cm³/mol. The highest BCUT2D eigenvalue weighted by Gasteiger charge is 2.40. The van der Waals surface area contributed by atoms with Crippen molar-refractivity contribution in [3.63, 3.8) is 0 Å². The van der Waals surface area contributed by atoms with Crippen LogP contribution in [0.1, 0.15) is 39.2 Å². The highest BCUT2D eigenvalue weighted by molar-refractivity contribution is 6.29. The number of rotatable bonds is 2. The summed E-state index contributed by atoms with van der Waals surface area (Å²) in [6, 6.07) is 3.64. The van der Waals surface area contributed by atoms with Gasteiger partial charge >= 0.3 is 5.97 Å². The highest BCUT2D eigenvalue weighted by atomic mass is 35.5. The minimum Gasteiger partial charge on any atom is -0.454 e. The van der Waals surface area contributed by atoms with Gasteiger partial charge in [-0.05, 0) is 39.9 Å². The van der Waals surface area contributed by atoms with Gasteiger partial charge in [-0.25, -0.2) is 4.98 Å². The largest absolute Gasteiger partial charge is 0.454 e. The lowest BCUT2D eigenvalue weighted by molar-refractivity contribution is -0.174. The third kappa shape index (κ3) is 3.30. The van der Waals surface area contributed by atoms with Crippen LogP contribution in [0, 0.1) is 5.41 Å². The van der Waals surface area contributed by atoms with Crippen LogP contribution < -0.4 is 5.32 Å². The summed E-state index contributed by atoms with van der Waals surface area (Å²) >= 11 is 5.84. The molecule has 1 N–H and O–H groups in total. The van der Waals surface area contributed by atoms with E-state index in [0.717, 1.165) is 31.5 Å². The molecule has 0 aromatic carbocycles. The molecule has 1 saturated heterocycles. The Morgan fingerprint density at radius 2 is 2.00 bits per heavy atom. The Hall–Kier alpha value is -1.13. The van der Waals surface area contributed by atoms with Crippen molar-refractivity contribution in [1.82, 2.24) is 10.3 Å². The summed E-state index contributed by atoms with van der Waals surface area (Å²) in [5, 5.41) is 3.74. The van der Waals surface area contributed by atoms with Gasteiger partial charge in [-0.3, -0.25) is 4.79 Å². The Balaban J connectivity index is 2.30. The van der Waals surface area contributed by atoms with Gasteiger partial charge < -0.3 is 10.1 Å². The molecular formula is C15H21ClN2O2. The van der Waals surface area contributed by atoms with Crippen molar-refractivity contribution in [2.75, 3.05) is 13.1 Å². The second-order valence-electron chi connectivity index (χ2n) is 6.25. The first-order valence-electron chi connectivity index (χ1n) is 6.90. The average Bonchev–Trinajstić information content (AvgIpc) is 2.39. The zero-order valence-electron chi connectivity index (χ0n) is 12.2. The van der Waals surface area contributed by atoms with E-state index in [2.05, 4.69) is 10.3 Å². The number of hydrogen-bond acceptors (Lipinski definition) is 4. The third-order valence-corrected chi connectivity index (χ3v) is 3.79. The van der Waals surface area contributed by atoms with E-state index in [1.165, 1.54) is 0 Å². The van der Waals surface area contributed by atoms with Gasteiger partial charge in [-0.1, -0.05) is 17.7 Å². The number of nitrogens with zero attached hydrogens (tertiary/aromatic N) is 1. The van der Waals surface area contributed by atoms with Crippen LogP contribution >= 0.6 is 11.6 Å². The van der Waals surface area contributed by atoms with Crippen LogP contribution in [0.2, 0.25) is 5.15 Å². The van der Waals surface area contributed by atoms with Crippen LogP contribution in [-0.2, 0) is 15.1 Å². The molecular weight excluding hydrogens is 276 g/mol. The molecule has 0 spiro atoms. The summed E-state index contributed by atoms with van der Waals surface area (Å²) in [6.45, 7) is 7.23. The molecule has 0 unspecified atom stereocenters. The Morgan fingerprint density at radius 1 is 1.35 bits per heavy atom. The molecule has 110 valence electrons. The maximum atomic E-state index is 12.3. The summed E-state index contributed by atoms with van der Waals surface area (Å²) < 4.78 is 5.91. The molecule has 5 heteroatoms. The number of aromatic nitrogens is 1. The fourth-order valence-electron chi connectivity index (χ4n) is 2.26. The van der Waals surface area contributed by atoms with Crippen LogP contribution in [0.15, 0.2) is 18.3 Å². The first kappa shape index (κ1) is 15.3. The lowest BCUT2D eigenvalue weighted by atomic mass is 9.85. The van der Waals surface area contributed by atoms with Crippen LogP contribution in [-0.4, -0.2) is 24.0 Å². The number of carbonyl (C=O) groups is 1. The van der Waals surface area contributed by atoms with E-state index >= 15 is 0 Å². The van der Waals surface area contributed by atoms with Crippen LogP contribution in [0.3, 0.4) is 0 Å². The second kappa shape index (κ2) is 5.70. The summed E-state index contributed by atoms with van der Waals surface area (Å²) in [5.74, 6) is -0.186. The molecule has 0 aliphatic carbocycles. The predicted octanol–water partition coefficient (Wildman–Crippen LogP) is 2.90. The molecule has 4 nitrogen and oxygen atoms in total. The molecule has 2 heterocycles. The third-order valence-electron chi connectivity index (χ3n) is 3.57. The van der Waals surface area contributed by atoms with Crippen molar-refractivity contribution in [3.05, 3.63) is 29.0 Å². The number of pyridine rings is 1. The monoisotopic (exact) mass is 296 g/mol. The molecule has 0 bridgehead atoms. The quantitative estimate of drug-likeness (QED) is 0.673. The number of piperidine rings is 1. The van der Waals surface area contributed by atoms with E-state index in [0.29, 0.717) is 5.15 Å². The Kier molecular flexibility index (Phi) is 4.35. The van der Waals surface area contributed by atoms with Gasteiger partial charge in [-0.15, -0.1) is 0 Å². The van der Waals surface area contributed by atoms with Gasteiger partial charge in [0.15, 0.2) is 0 Å². The van der Waals surface area contributed by atoms with Gasteiger partial charge in [0.05, 0.1) is 5.41 Å². The number of halogens is 1. The molecule has 2 rings (SSSR count). The molecule has 0 radical (unpaired) electrons. The molecule has 1 aromatic rings. The average molecular weight is 297 g/mol. The summed E-state index contributed by atoms with van der Waals surface area (Å²) in [4.78, 5) is 16.4. The first-order chi connectivity index (χ1) is 9.33. The van der Waals surface area contributed by atoms with Gasteiger partial charge in [0, 0.05) is 24.6 Å². The first-order valence-corrected chi connectivity index (χ1v) is 7.27. The van der Waals surface area contributed by atoms with Gasteiger partial charge in [0.2, 0.25) is 0 Å². The fourth-order valence-corrected chi connectivity index (χ4v) is 2.37. The molecule has 1 aromatic heterocycles. The minimum absolute atomic E-state index is 0.186. The smallest absolute Gasteiger partial charge is 0.312 e.